The summed E-state index contributed by atoms with van der Waals surface area (Å²) in [6.07, 6.45) is 7.94. The zero-order valence-electron chi connectivity index (χ0n) is 12.7. The maximum absolute atomic E-state index is 6.67. The molecule has 3 atom stereocenters. The van der Waals surface area contributed by atoms with E-state index in [-0.39, 0.29) is 11.2 Å². The summed E-state index contributed by atoms with van der Waals surface area (Å²) in [6.45, 7) is 11.3. The Balaban J connectivity index is 2.06. The van der Waals surface area contributed by atoms with E-state index >= 15 is 0 Å². The van der Waals surface area contributed by atoms with Gasteiger partial charge in [-0.3, -0.25) is 0 Å². The zero-order valence-corrected chi connectivity index (χ0v) is 12.7. The fourth-order valence-corrected chi connectivity index (χ4v) is 3.56. The molecule has 0 aromatic carbocycles. The van der Waals surface area contributed by atoms with Crippen molar-refractivity contribution in [2.45, 2.75) is 77.4 Å². The molecule has 2 fully saturated rings. The van der Waals surface area contributed by atoms with Crippen LogP contribution in [0.4, 0.5) is 0 Å². The summed E-state index contributed by atoms with van der Waals surface area (Å²) in [6, 6.07) is 0. The van der Waals surface area contributed by atoms with Gasteiger partial charge in [0, 0.05) is 13.1 Å². The van der Waals surface area contributed by atoms with Crippen molar-refractivity contribution in [3.8, 4) is 0 Å². The third-order valence-corrected chi connectivity index (χ3v) is 5.42. The SMILES string of the molecule is CCC1CCCC2(CC1)CNCC(C)(C(C)C)O2. The Morgan fingerprint density at radius 3 is 2.67 bits per heavy atom. The molecule has 0 bridgehead atoms. The molecule has 1 heterocycles. The highest BCUT2D eigenvalue weighted by atomic mass is 16.5. The van der Waals surface area contributed by atoms with Gasteiger partial charge in [-0.05, 0) is 38.0 Å². The molecule has 1 spiro atoms. The van der Waals surface area contributed by atoms with Crippen LogP contribution >= 0.6 is 0 Å². The van der Waals surface area contributed by atoms with Gasteiger partial charge < -0.3 is 10.1 Å². The molecule has 1 saturated heterocycles. The molecule has 1 saturated carbocycles. The van der Waals surface area contributed by atoms with Gasteiger partial charge in [-0.1, -0.05) is 40.0 Å². The van der Waals surface area contributed by atoms with E-state index in [0.29, 0.717) is 5.92 Å². The quantitative estimate of drug-likeness (QED) is 0.809. The third kappa shape index (κ3) is 2.91. The molecule has 0 radical (unpaired) electrons. The second-order valence-corrected chi connectivity index (χ2v) is 7.06. The topological polar surface area (TPSA) is 21.3 Å². The average molecular weight is 253 g/mol. The Labute approximate surface area is 113 Å². The minimum atomic E-state index is 0.0182. The fraction of sp³-hybridized carbons (Fsp3) is 1.00. The summed E-state index contributed by atoms with van der Waals surface area (Å²) in [4.78, 5) is 0. The minimum Gasteiger partial charge on any atom is -0.366 e. The van der Waals surface area contributed by atoms with E-state index in [1.807, 2.05) is 0 Å². The summed E-state index contributed by atoms with van der Waals surface area (Å²) in [5.74, 6) is 1.51. The molecule has 1 aliphatic heterocycles. The summed E-state index contributed by atoms with van der Waals surface area (Å²) < 4.78 is 6.67. The van der Waals surface area contributed by atoms with Crippen molar-refractivity contribution in [3.05, 3.63) is 0 Å². The lowest BCUT2D eigenvalue weighted by molar-refractivity contribution is -0.194. The highest BCUT2D eigenvalue weighted by Crippen LogP contribution is 2.40. The van der Waals surface area contributed by atoms with Crippen LogP contribution in [0.25, 0.3) is 0 Å². The van der Waals surface area contributed by atoms with Crippen LogP contribution in [0.2, 0.25) is 0 Å². The van der Waals surface area contributed by atoms with Crippen molar-refractivity contribution >= 4 is 0 Å². The van der Waals surface area contributed by atoms with Crippen LogP contribution in [0.1, 0.15) is 66.2 Å². The Kier molecular flexibility index (Phi) is 4.38. The van der Waals surface area contributed by atoms with Gasteiger partial charge in [0.05, 0.1) is 11.2 Å². The van der Waals surface area contributed by atoms with Gasteiger partial charge in [0.2, 0.25) is 0 Å². The molecule has 3 unspecified atom stereocenters. The van der Waals surface area contributed by atoms with Gasteiger partial charge in [0.15, 0.2) is 0 Å². The van der Waals surface area contributed by atoms with Gasteiger partial charge in [-0.25, -0.2) is 0 Å². The van der Waals surface area contributed by atoms with Gasteiger partial charge in [0.25, 0.3) is 0 Å². The van der Waals surface area contributed by atoms with E-state index in [1.54, 1.807) is 0 Å². The summed E-state index contributed by atoms with van der Waals surface area (Å²) in [5, 5.41) is 3.65. The predicted molar refractivity (Wildman–Crippen MR) is 76.8 cm³/mol. The van der Waals surface area contributed by atoms with Crippen molar-refractivity contribution in [2.24, 2.45) is 11.8 Å². The number of nitrogens with one attached hydrogen (secondary N) is 1. The average Bonchev–Trinajstić information content (AvgIpc) is 2.51. The smallest absolute Gasteiger partial charge is 0.0814 e. The molecule has 1 N–H and O–H groups in total. The van der Waals surface area contributed by atoms with E-state index in [4.69, 9.17) is 4.74 Å². The van der Waals surface area contributed by atoms with E-state index in [1.165, 1.54) is 38.5 Å². The minimum absolute atomic E-state index is 0.0182. The lowest BCUT2D eigenvalue weighted by Gasteiger charge is -2.49. The van der Waals surface area contributed by atoms with Crippen molar-refractivity contribution < 1.29 is 4.74 Å². The fourth-order valence-electron chi connectivity index (χ4n) is 3.56. The molecule has 0 amide bonds. The van der Waals surface area contributed by atoms with Crippen LogP contribution in [0.15, 0.2) is 0 Å². The molecule has 1 aliphatic carbocycles. The first-order valence-electron chi connectivity index (χ1n) is 7.90. The van der Waals surface area contributed by atoms with Gasteiger partial charge in [0.1, 0.15) is 0 Å². The van der Waals surface area contributed by atoms with Crippen LogP contribution in [-0.2, 0) is 4.74 Å². The number of morpholine rings is 1. The Morgan fingerprint density at radius 1 is 1.22 bits per heavy atom. The number of hydrogen-bond acceptors (Lipinski definition) is 2. The van der Waals surface area contributed by atoms with Crippen LogP contribution < -0.4 is 5.32 Å². The predicted octanol–water partition coefficient (Wildman–Crippen LogP) is 3.75. The third-order valence-electron chi connectivity index (χ3n) is 5.42. The molecule has 18 heavy (non-hydrogen) atoms. The van der Waals surface area contributed by atoms with Crippen LogP contribution in [0, 0.1) is 11.8 Å². The van der Waals surface area contributed by atoms with Crippen LogP contribution in [-0.4, -0.2) is 24.3 Å². The Bertz CT molecular complexity index is 278. The first-order valence-corrected chi connectivity index (χ1v) is 7.90. The second-order valence-electron chi connectivity index (χ2n) is 7.06. The van der Waals surface area contributed by atoms with Crippen molar-refractivity contribution in [1.29, 1.82) is 0 Å². The van der Waals surface area contributed by atoms with Crippen LogP contribution in [0.3, 0.4) is 0 Å². The molecule has 2 rings (SSSR count). The van der Waals surface area contributed by atoms with Crippen LogP contribution in [0.5, 0.6) is 0 Å². The van der Waals surface area contributed by atoms with Crippen molar-refractivity contribution in [2.75, 3.05) is 13.1 Å². The molecule has 0 aromatic rings. The highest BCUT2D eigenvalue weighted by Gasteiger charge is 2.45. The first kappa shape index (κ1) is 14.3. The maximum Gasteiger partial charge on any atom is 0.0814 e. The number of hydrogen-bond donors (Lipinski definition) is 1. The maximum atomic E-state index is 6.67. The van der Waals surface area contributed by atoms with E-state index in [2.05, 4.69) is 33.0 Å². The molecule has 2 heteroatoms. The second kappa shape index (κ2) is 5.50. The molecule has 0 aromatic heterocycles. The summed E-state index contributed by atoms with van der Waals surface area (Å²) in [5.41, 5.74) is 0.144. The monoisotopic (exact) mass is 253 g/mol. The van der Waals surface area contributed by atoms with E-state index < -0.39 is 0 Å². The highest BCUT2D eigenvalue weighted by molar-refractivity contribution is 4.97. The molecular formula is C16H31NO. The lowest BCUT2D eigenvalue weighted by Crippen LogP contribution is -2.61. The lowest BCUT2D eigenvalue weighted by atomic mass is 9.84. The van der Waals surface area contributed by atoms with Gasteiger partial charge in [-0.2, -0.15) is 0 Å². The van der Waals surface area contributed by atoms with E-state index in [0.717, 1.165) is 19.0 Å². The Morgan fingerprint density at radius 2 is 2.00 bits per heavy atom. The number of rotatable bonds is 2. The molecular weight excluding hydrogens is 222 g/mol. The van der Waals surface area contributed by atoms with Gasteiger partial charge >= 0.3 is 0 Å². The van der Waals surface area contributed by atoms with Gasteiger partial charge in [-0.15, -0.1) is 0 Å². The standard InChI is InChI=1S/C16H31NO/c1-5-14-7-6-9-16(10-8-14)12-17-11-15(4,18-16)13(2)3/h13-14,17H,5-12H2,1-4H3. The summed E-state index contributed by atoms with van der Waals surface area (Å²) in [7, 11) is 0. The van der Waals surface area contributed by atoms with E-state index in [9.17, 15) is 0 Å². The molecule has 106 valence electrons. The van der Waals surface area contributed by atoms with Crippen molar-refractivity contribution in [1.82, 2.24) is 5.32 Å². The molecule has 2 nitrogen and oxygen atoms in total. The van der Waals surface area contributed by atoms with Crippen molar-refractivity contribution in [3.63, 3.8) is 0 Å². The first-order chi connectivity index (χ1) is 8.50. The summed E-state index contributed by atoms with van der Waals surface area (Å²) >= 11 is 0. The molecule has 2 aliphatic rings. The largest absolute Gasteiger partial charge is 0.366 e. The normalized spacial score (nSPS) is 42.2. The Hall–Kier alpha value is -0.0800. The number of ether oxygens (including phenoxy) is 1. The zero-order chi connectivity index (χ0) is 13.2.